The van der Waals surface area contributed by atoms with Gasteiger partial charge in [0.2, 0.25) is 5.89 Å². The van der Waals surface area contributed by atoms with Crippen LogP contribution in [0, 0.1) is 6.92 Å². The third-order valence-corrected chi connectivity index (χ3v) is 5.18. The zero-order chi connectivity index (χ0) is 18.5. The number of methoxy groups -OCH3 is 1. The lowest BCUT2D eigenvalue weighted by molar-refractivity contribution is 0.415. The van der Waals surface area contributed by atoms with Crippen molar-refractivity contribution in [3.05, 3.63) is 60.2 Å². The van der Waals surface area contributed by atoms with E-state index in [2.05, 4.69) is 47.9 Å². The number of fused-ring (bicyclic) bond motifs is 4. The highest BCUT2D eigenvalue weighted by Crippen LogP contribution is 2.39. The van der Waals surface area contributed by atoms with Gasteiger partial charge in [-0.3, -0.25) is 0 Å². The predicted octanol–water partition coefficient (Wildman–Crippen LogP) is 5.94. The van der Waals surface area contributed by atoms with Gasteiger partial charge in [-0.05, 0) is 49.7 Å². The first kappa shape index (κ1) is 15.9. The molecular formula is C23H20N2O2. The monoisotopic (exact) mass is 356 g/mol. The fourth-order valence-electron chi connectivity index (χ4n) is 3.90. The Kier molecular flexibility index (Phi) is 3.47. The number of para-hydroxylation sites is 1. The van der Waals surface area contributed by atoms with Crippen LogP contribution in [0.2, 0.25) is 0 Å². The van der Waals surface area contributed by atoms with E-state index in [1.54, 1.807) is 7.11 Å². The molecule has 5 rings (SSSR count). The van der Waals surface area contributed by atoms with E-state index in [9.17, 15) is 0 Å². The molecule has 0 spiro atoms. The Balaban J connectivity index is 1.84. The van der Waals surface area contributed by atoms with E-state index in [1.807, 2.05) is 25.1 Å². The van der Waals surface area contributed by atoms with Crippen molar-refractivity contribution in [2.45, 2.75) is 20.4 Å². The number of aromatic nitrogens is 2. The molecule has 0 fully saturated rings. The highest BCUT2D eigenvalue weighted by molar-refractivity contribution is 6.09. The number of aryl methyl sites for hydroxylation is 2. The minimum absolute atomic E-state index is 0.585. The van der Waals surface area contributed by atoms with Crippen LogP contribution in [0.3, 0.4) is 0 Å². The summed E-state index contributed by atoms with van der Waals surface area (Å²) in [6, 6.07) is 18.8. The molecule has 0 bridgehead atoms. The van der Waals surface area contributed by atoms with Crippen molar-refractivity contribution in [2.24, 2.45) is 0 Å². The second-order valence-electron chi connectivity index (χ2n) is 6.82. The molecular weight excluding hydrogens is 336 g/mol. The maximum Gasteiger partial charge on any atom is 0.231 e. The largest absolute Gasteiger partial charge is 0.496 e. The molecule has 0 atom stereocenters. The van der Waals surface area contributed by atoms with Crippen molar-refractivity contribution in [3.8, 4) is 17.2 Å². The summed E-state index contributed by atoms with van der Waals surface area (Å²) in [5.41, 5.74) is 6.06. The Morgan fingerprint density at radius 2 is 1.85 bits per heavy atom. The first-order valence-corrected chi connectivity index (χ1v) is 9.16. The maximum absolute atomic E-state index is 6.07. The Hall–Kier alpha value is -3.27. The number of benzene rings is 3. The van der Waals surface area contributed by atoms with E-state index >= 15 is 0 Å². The highest BCUT2D eigenvalue weighted by Gasteiger charge is 2.18. The minimum Gasteiger partial charge on any atom is -0.496 e. The molecule has 0 amide bonds. The summed E-state index contributed by atoms with van der Waals surface area (Å²) < 4.78 is 14.1. The van der Waals surface area contributed by atoms with Crippen molar-refractivity contribution in [1.82, 2.24) is 9.55 Å². The lowest BCUT2D eigenvalue weighted by Gasteiger charge is -2.08. The first-order chi connectivity index (χ1) is 13.2. The van der Waals surface area contributed by atoms with Gasteiger partial charge in [0.25, 0.3) is 0 Å². The van der Waals surface area contributed by atoms with Crippen LogP contribution in [0.25, 0.3) is 44.4 Å². The second kappa shape index (κ2) is 5.88. The van der Waals surface area contributed by atoms with E-state index in [-0.39, 0.29) is 0 Å². The Labute approximate surface area is 157 Å². The van der Waals surface area contributed by atoms with E-state index in [0.29, 0.717) is 5.89 Å². The molecule has 134 valence electrons. The van der Waals surface area contributed by atoms with Crippen LogP contribution < -0.4 is 4.74 Å². The number of rotatable bonds is 3. The molecule has 0 N–H and O–H groups in total. The number of ether oxygens (including phenoxy) is 1. The molecule has 4 heteroatoms. The van der Waals surface area contributed by atoms with Crippen molar-refractivity contribution < 1.29 is 9.15 Å². The number of nitrogens with zero attached hydrogens (tertiary/aromatic N) is 2. The molecule has 0 aliphatic carbocycles. The summed E-state index contributed by atoms with van der Waals surface area (Å²) in [7, 11) is 1.69. The van der Waals surface area contributed by atoms with Gasteiger partial charge in [-0.15, -0.1) is 0 Å². The Bertz CT molecular complexity index is 1310. The first-order valence-electron chi connectivity index (χ1n) is 9.16. The zero-order valence-corrected chi connectivity index (χ0v) is 15.6. The molecule has 0 unspecified atom stereocenters. The Morgan fingerprint density at radius 3 is 2.67 bits per heavy atom. The minimum atomic E-state index is 0.585. The molecule has 0 aliphatic rings. The lowest BCUT2D eigenvalue weighted by atomic mass is 10.1. The molecule has 3 aromatic carbocycles. The quantitative estimate of drug-likeness (QED) is 0.402. The third-order valence-electron chi connectivity index (χ3n) is 5.18. The molecule has 0 saturated carbocycles. The standard InChI is InChI=1S/C23H20N2O2/c1-4-25-19-8-6-5-7-15(19)16-13-21(26-3)17(12-20(16)25)23-24-18-10-9-14(2)11-22(18)27-23/h5-13H,4H2,1-3H3. The van der Waals surface area contributed by atoms with Crippen LogP contribution in [-0.2, 0) is 6.54 Å². The molecule has 0 radical (unpaired) electrons. The summed E-state index contributed by atoms with van der Waals surface area (Å²) in [6.07, 6.45) is 0. The summed E-state index contributed by atoms with van der Waals surface area (Å²) in [6.45, 7) is 5.11. The van der Waals surface area contributed by atoms with Gasteiger partial charge in [-0.25, -0.2) is 4.98 Å². The number of hydrogen-bond donors (Lipinski definition) is 0. The fraction of sp³-hybridized carbons (Fsp3) is 0.174. The summed E-state index contributed by atoms with van der Waals surface area (Å²) in [4.78, 5) is 4.69. The van der Waals surface area contributed by atoms with Crippen LogP contribution in [0.4, 0.5) is 0 Å². The third kappa shape index (κ3) is 2.33. The topological polar surface area (TPSA) is 40.2 Å². The normalized spacial score (nSPS) is 11.7. The zero-order valence-electron chi connectivity index (χ0n) is 15.6. The predicted molar refractivity (Wildman–Crippen MR) is 109 cm³/mol. The smallest absolute Gasteiger partial charge is 0.231 e. The van der Waals surface area contributed by atoms with Crippen LogP contribution >= 0.6 is 0 Å². The molecule has 27 heavy (non-hydrogen) atoms. The van der Waals surface area contributed by atoms with Crippen LogP contribution in [0.1, 0.15) is 12.5 Å². The molecule has 0 saturated heterocycles. The van der Waals surface area contributed by atoms with Gasteiger partial charge in [0.05, 0.1) is 18.2 Å². The van der Waals surface area contributed by atoms with Gasteiger partial charge in [0, 0.05) is 22.8 Å². The summed E-state index contributed by atoms with van der Waals surface area (Å²) in [5.74, 6) is 1.35. The van der Waals surface area contributed by atoms with Gasteiger partial charge in [0.1, 0.15) is 11.3 Å². The van der Waals surface area contributed by atoms with Crippen molar-refractivity contribution in [3.63, 3.8) is 0 Å². The van der Waals surface area contributed by atoms with E-state index in [4.69, 9.17) is 14.1 Å². The van der Waals surface area contributed by atoms with E-state index in [0.717, 1.165) is 40.0 Å². The molecule has 4 nitrogen and oxygen atoms in total. The van der Waals surface area contributed by atoms with Crippen molar-refractivity contribution >= 4 is 32.9 Å². The van der Waals surface area contributed by atoms with Crippen LogP contribution in [0.15, 0.2) is 59.0 Å². The van der Waals surface area contributed by atoms with E-state index in [1.165, 1.54) is 16.3 Å². The van der Waals surface area contributed by atoms with Crippen molar-refractivity contribution in [1.29, 1.82) is 0 Å². The average molecular weight is 356 g/mol. The van der Waals surface area contributed by atoms with Gasteiger partial charge in [-0.2, -0.15) is 0 Å². The van der Waals surface area contributed by atoms with E-state index < -0.39 is 0 Å². The molecule has 0 aliphatic heterocycles. The average Bonchev–Trinajstić information content (AvgIpc) is 3.24. The lowest BCUT2D eigenvalue weighted by Crippen LogP contribution is -1.94. The second-order valence-corrected chi connectivity index (χ2v) is 6.82. The fourth-order valence-corrected chi connectivity index (χ4v) is 3.90. The Morgan fingerprint density at radius 1 is 1.00 bits per heavy atom. The van der Waals surface area contributed by atoms with Crippen molar-refractivity contribution in [2.75, 3.05) is 7.11 Å². The van der Waals surface area contributed by atoms with Crippen LogP contribution in [0.5, 0.6) is 5.75 Å². The molecule has 2 heterocycles. The molecule has 2 aromatic heterocycles. The highest BCUT2D eigenvalue weighted by atomic mass is 16.5. The van der Waals surface area contributed by atoms with Crippen LogP contribution in [-0.4, -0.2) is 16.7 Å². The summed E-state index contributed by atoms with van der Waals surface area (Å²) in [5, 5.41) is 2.41. The van der Waals surface area contributed by atoms with Gasteiger partial charge >= 0.3 is 0 Å². The van der Waals surface area contributed by atoms with Gasteiger partial charge in [-0.1, -0.05) is 24.3 Å². The summed E-state index contributed by atoms with van der Waals surface area (Å²) >= 11 is 0. The van der Waals surface area contributed by atoms with Gasteiger partial charge < -0.3 is 13.7 Å². The van der Waals surface area contributed by atoms with Gasteiger partial charge in [0.15, 0.2) is 5.58 Å². The number of hydrogen-bond acceptors (Lipinski definition) is 3. The maximum atomic E-state index is 6.07. The number of oxazole rings is 1. The SMILES string of the molecule is CCn1c2ccccc2c2cc(OC)c(-c3nc4ccc(C)cc4o3)cc21. The molecule has 5 aromatic rings.